The fraction of sp³-hybridized carbons (Fsp3) is 0.0870. The summed E-state index contributed by atoms with van der Waals surface area (Å²) in [6.07, 6.45) is 0. The van der Waals surface area contributed by atoms with Crippen molar-refractivity contribution in [3.05, 3.63) is 102 Å². The predicted octanol–water partition coefficient (Wildman–Crippen LogP) is 3.99. The van der Waals surface area contributed by atoms with Gasteiger partial charge in [-0.3, -0.25) is 9.59 Å². The number of carbonyl (C=O) groups excluding carboxylic acids is 2. The Balaban J connectivity index is 1.58. The maximum Gasteiger partial charge on any atom is 0.251 e. The van der Waals surface area contributed by atoms with Gasteiger partial charge in [-0.1, -0.05) is 42.5 Å². The van der Waals surface area contributed by atoms with E-state index in [4.69, 9.17) is 0 Å². The number of fused-ring (bicyclic) bond motifs is 1. The molecule has 0 spiro atoms. The van der Waals surface area contributed by atoms with Crippen LogP contribution >= 0.6 is 0 Å². The molecule has 6 heteroatoms. The van der Waals surface area contributed by atoms with Crippen LogP contribution in [0.15, 0.2) is 78.9 Å². The third-order valence-corrected chi connectivity index (χ3v) is 4.64. The maximum absolute atomic E-state index is 13.1. The van der Waals surface area contributed by atoms with Gasteiger partial charge in [0.15, 0.2) is 5.78 Å². The Morgan fingerprint density at radius 3 is 2.31 bits per heavy atom. The van der Waals surface area contributed by atoms with Gasteiger partial charge in [-0.05, 0) is 36.4 Å². The van der Waals surface area contributed by atoms with Crippen molar-refractivity contribution >= 4 is 22.7 Å². The molecule has 29 heavy (non-hydrogen) atoms. The van der Waals surface area contributed by atoms with Crippen molar-refractivity contribution in [2.45, 2.75) is 13.1 Å². The van der Waals surface area contributed by atoms with Crippen LogP contribution in [0.4, 0.5) is 4.39 Å². The Hall–Kier alpha value is -3.80. The van der Waals surface area contributed by atoms with E-state index in [2.05, 4.69) is 10.3 Å². The number of carbonyl (C=O) groups is 2. The van der Waals surface area contributed by atoms with E-state index < -0.39 is 5.82 Å². The number of ketones is 1. The van der Waals surface area contributed by atoms with E-state index in [0.29, 0.717) is 17.0 Å². The number of benzene rings is 3. The number of para-hydroxylation sites is 2. The van der Waals surface area contributed by atoms with Crippen LogP contribution in [0, 0.1) is 5.82 Å². The normalized spacial score (nSPS) is 10.8. The van der Waals surface area contributed by atoms with Crippen LogP contribution in [0.1, 0.15) is 26.5 Å². The number of amides is 1. The predicted molar refractivity (Wildman–Crippen MR) is 108 cm³/mol. The zero-order valence-corrected chi connectivity index (χ0v) is 15.5. The largest absolute Gasteiger partial charge is 0.345 e. The summed E-state index contributed by atoms with van der Waals surface area (Å²) in [6, 6.07) is 21.9. The first-order valence-corrected chi connectivity index (χ1v) is 9.18. The number of imidazole rings is 1. The first kappa shape index (κ1) is 18.6. The highest BCUT2D eigenvalue weighted by atomic mass is 19.1. The number of nitrogens with one attached hydrogen (secondary N) is 1. The van der Waals surface area contributed by atoms with E-state index in [1.165, 1.54) is 24.3 Å². The molecule has 0 saturated heterocycles. The Labute approximate surface area is 166 Å². The molecule has 1 heterocycles. The first-order valence-electron chi connectivity index (χ1n) is 9.18. The van der Waals surface area contributed by atoms with Crippen LogP contribution in [0.5, 0.6) is 0 Å². The minimum absolute atomic E-state index is 0.0418. The summed E-state index contributed by atoms with van der Waals surface area (Å²) in [5.74, 6) is -0.202. The summed E-state index contributed by atoms with van der Waals surface area (Å²) < 4.78 is 14.9. The van der Waals surface area contributed by atoms with E-state index in [1.807, 2.05) is 47.0 Å². The smallest absolute Gasteiger partial charge is 0.251 e. The Morgan fingerprint density at radius 1 is 0.862 bits per heavy atom. The van der Waals surface area contributed by atoms with Crippen molar-refractivity contribution < 1.29 is 14.0 Å². The molecule has 0 bridgehead atoms. The zero-order chi connectivity index (χ0) is 20.2. The lowest BCUT2D eigenvalue weighted by molar-refractivity contribution is 0.0949. The molecule has 0 saturated carbocycles. The van der Waals surface area contributed by atoms with Gasteiger partial charge >= 0.3 is 0 Å². The van der Waals surface area contributed by atoms with Crippen molar-refractivity contribution in [1.29, 1.82) is 0 Å². The molecule has 144 valence electrons. The maximum atomic E-state index is 13.1. The average molecular weight is 387 g/mol. The highest BCUT2D eigenvalue weighted by Gasteiger charge is 2.16. The van der Waals surface area contributed by atoms with Gasteiger partial charge < -0.3 is 9.88 Å². The first-order chi connectivity index (χ1) is 14.1. The van der Waals surface area contributed by atoms with Crippen LogP contribution < -0.4 is 5.32 Å². The topological polar surface area (TPSA) is 64.0 Å². The zero-order valence-electron chi connectivity index (χ0n) is 15.5. The quantitative estimate of drug-likeness (QED) is 0.509. The summed E-state index contributed by atoms with van der Waals surface area (Å²) in [6.45, 7) is 0.263. The van der Waals surface area contributed by atoms with Gasteiger partial charge in [-0.2, -0.15) is 0 Å². The monoisotopic (exact) mass is 387 g/mol. The lowest BCUT2D eigenvalue weighted by Gasteiger charge is -2.10. The Bertz CT molecular complexity index is 1170. The number of nitrogens with zero attached hydrogens (tertiary/aromatic N) is 2. The molecule has 1 aromatic heterocycles. The molecule has 0 unspecified atom stereocenters. The van der Waals surface area contributed by atoms with Crippen molar-refractivity contribution in [2.75, 3.05) is 0 Å². The molecule has 0 aliphatic rings. The molecule has 0 atom stereocenters. The molecule has 4 aromatic rings. The summed E-state index contributed by atoms with van der Waals surface area (Å²) in [5.41, 5.74) is 2.54. The van der Waals surface area contributed by atoms with Crippen LogP contribution in [-0.2, 0) is 13.1 Å². The number of halogens is 1. The fourth-order valence-electron chi connectivity index (χ4n) is 3.16. The second-order valence-electron chi connectivity index (χ2n) is 6.58. The summed E-state index contributed by atoms with van der Waals surface area (Å²) in [4.78, 5) is 29.7. The van der Waals surface area contributed by atoms with Crippen molar-refractivity contribution in [3.63, 3.8) is 0 Å². The van der Waals surface area contributed by atoms with Crippen LogP contribution in [-0.4, -0.2) is 21.2 Å². The second kappa shape index (κ2) is 8.06. The molecule has 0 aliphatic carbocycles. The lowest BCUT2D eigenvalue weighted by atomic mass is 10.1. The molecule has 4 rings (SSSR count). The molecule has 5 nitrogen and oxygen atoms in total. The number of hydrogen-bond acceptors (Lipinski definition) is 3. The highest BCUT2D eigenvalue weighted by Crippen LogP contribution is 2.17. The number of aromatic nitrogens is 2. The van der Waals surface area contributed by atoms with Crippen molar-refractivity contribution in [1.82, 2.24) is 14.9 Å². The van der Waals surface area contributed by atoms with E-state index >= 15 is 0 Å². The molecular formula is C23H18FN3O2. The SMILES string of the molecule is O=C(Cn1c(CNC(=O)c2ccc(F)cc2)nc2ccccc21)c1ccccc1. The minimum atomic E-state index is -0.400. The average Bonchev–Trinajstić information content (AvgIpc) is 3.10. The van der Waals surface area contributed by atoms with E-state index in [1.54, 1.807) is 12.1 Å². The van der Waals surface area contributed by atoms with Gasteiger partial charge in [0.1, 0.15) is 11.6 Å². The van der Waals surface area contributed by atoms with Crippen LogP contribution in [0.25, 0.3) is 11.0 Å². The van der Waals surface area contributed by atoms with Gasteiger partial charge in [0.2, 0.25) is 0 Å². The van der Waals surface area contributed by atoms with Gasteiger partial charge in [0.25, 0.3) is 5.91 Å². The lowest BCUT2D eigenvalue weighted by Crippen LogP contribution is -2.25. The van der Waals surface area contributed by atoms with Gasteiger partial charge in [-0.25, -0.2) is 9.37 Å². The second-order valence-corrected chi connectivity index (χ2v) is 6.58. The molecule has 0 fully saturated rings. The Morgan fingerprint density at radius 2 is 1.55 bits per heavy atom. The van der Waals surface area contributed by atoms with Gasteiger partial charge in [-0.15, -0.1) is 0 Å². The summed E-state index contributed by atoms with van der Waals surface area (Å²) >= 11 is 0. The van der Waals surface area contributed by atoms with Gasteiger partial charge in [0, 0.05) is 11.1 Å². The molecule has 0 aliphatic heterocycles. The number of rotatable bonds is 6. The minimum Gasteiger partial charge on any atom is -0.345 e. The summed E-state index contributed by atoms with van der Waals surface area (Å²) in [7, 11) is 0. The standard InChI is InChI=1S/C23H18FN3O2/c24-18-12-10-17(11-13-18)23(29)25-14-22-26-19-8-4-5-9-20(19)27(22)15-21(28)16-6-2-1-3-7-16/h1-13H,14-15H2,(H,25,29). The van der Waals surface area contributed by atoms with E-state index in [-0.39, 0.29) is 24.8 Å². The van der Waals surface area contributed by atoms with Crippen LogP contribution in [0.3, 0.4) is 0 Å². The van der Waals surface area contributed by atoms with Crippen LogP contribution in [0.2, 0.25) is 0 Å². The third kappa shape index (κ3) is 4.06. The van der Waals surface area contributed by atoms with Crippen molar-refractivity contribution in [3.8, 4) is 0 Å². The van der Waals surface area contributed by atoms with E-state index in [9.17, 15) is 14.0 Å². The molecule has 3 aromatic carbocycles. The van der Waals surface area contributed by atoms with Crippen molar-refractivity contribution in [2.24, 2.45) is 0 Å². The Kier molecular flexibility index (Phi) is 5.16. The van der Waals surface area contributed by atoms with Gasteiger partial charge in [0.05, 0.1) is 24.1 Å². The highest BCUT2D eigenvalue weighted by molar-refractivity contribution is 5.97. The van der Waals surface area contributed by atoms with E-state index in [0.717, 1.165) is 11.0 Å². The molecular weight excluding hydrogens is 369 g/mol. The molecule has 0 radical (unpaired) electrons. The third-order valence-electron chi connectivity index (χ3n) is 4.64. The summed E-state index contributed by atoms with van der Waals surface area (Å²) in [5, 5.41) is 2.79. The molecule has 1 N–H and O–H groups in total. The number of Topliss-reactive ketones (excluding diaryl/α,β-unsaturated/α-hetero) is 1. The molecule has 1 amide bonds. The number of hydrogen-bond donors (Lipinski definition) is 1. The fourth-order valence-corrected chi connectivity index (χ4v) is 3.16.